The zero-order valence-electron chi connectivity index (χ0n) is 17.8. The Morgan fingerprint density at radius 3 is 2.55 bits per heavy atom. The standard InChI is InChI=1S/C24H21FN6O2/c1-16-13-18(11-12-20(16)25)23-28-30-31(29-23)15-22(32)27-21-10-6-5-9-19(21)24(33)26-14-17-7-3-2-4-8-17/h2-13H,14-15H2,1H3,(H,26,33)(H,27,32). The molecule has 33 heavy (non-hydrogen) atoms. The molecule has 0 aliphatic heterocycles. The minimum Gasteiger partial charge on any atom is -0.348 e. The van der Waals surface area contributed by atoms with Crippen LogP contribution in [0.2, 0.25) is 0 Å². The summed E-state index contributed by atoms with van der Waals surface area (Å²) in [6.07, 6.45) is 0. The number of carbonyl (C=O) groups excluding carboxylic acids is 2. The highest BCUT2D eigenvalue weighted by atomic mass is 19.1. The molecule has 2 N–H and O–H groups in total. The first kappa shape index (κ1) is 21.8. The number of para-hydroxylation sites is 1. The fourth-order valence-electron chi connectivity index (χ4n) is 3.19. The molecule has 8 nitrogen and oxygen atoms in total. The molecule has 0 saturated heterocycles. The van der Waals surface area contributed by atoms with Crippen molar-refractivity contribution in [2.45, 2.75) is 20.0 Å². The number of benzene rings is 3. The molecule has 1 aromatic heterocycles. The second-order valence-electron chi connectivity index (χ2n) is 7.37. The van der Waals surface area contributed by atoms with Gasteiger partial charge in [0, 0.05) is 12.1 Å². The van der Waals surface area contributed by atoms with Crippen LogP contribution in [-0.2, 0) is 17.9 Å². The Hall–Kier alpha value is -4.40. The Morgan fingerprint density at radius 1 is 1.00 bits per heavy atom. The predicted octanol–water partition coefficient (Wildman–Crippen LogP) is 3.36. The Bertz CT molecular complexity index is 1290. The number of amides is 2. The van der Waals surface area contributed by atoms with Crippen molar-refractivity contribution in [2.24, 2.45) is 0 Å². The van der Waals surface area contributed by atoms with Gasteiger partial charge in [-0.1, -0.05) is 42.5 Å². The second kappa shape index (κ2) is 9.82. The third kappa shape index (κ3) is 5.45. The van der Waals surface area contributed by atoms with E-state index in [-0.39, 0.29) is 24.1 Å². The zero-order chi connectivity index (χ0) is 23.2. The number of aromatic nitrogens is 4. The van der Waals surface area contributed by atoms with Crippen LogP contribution in [0.5, 0.6) is 0 Å². The molecule has 2 amide bonds. The fourth-order valence-corrected chi connectivity index (χ4v) is 3.19. The van der Waals surface area contributed by atoms with Crippen LogP contribution >= 0.6 is 0 Å². The highest BCUT2D eigenvalue weighted by Gasteiger charge is 2.15. The Kier molecular flexibility index (Phi) is 6.49. The van der Waals surface area contributed by atoms with E-state index in [1.54, 1.807) is 43.3 Å². The lowest BCUT2D eigenvalue weighted by Gasteiger charge is -2.11. The average Bonchev–Trinajstić information content (AvgIpc) is 3.28. The van der Waals surface area contributed by atoms with E-state index in [9.17, 15) is 14.0 Å². The van der Waals surface area contributed by atoms with Gasteiger partial charge >= 0.3 is 0 Å². The van der Waals surface area contributed by atoms with E-state index < -0.39 is 5.91 Å². The fraction of sp³-hybridized carbons (Fsp3) is 0.125. The number of nitrogens with one attached hydrogen (secondary N) is 2. The summed E-state index contributed by atoms with van der Waals surface area (Å²) < 4.78 is 13.5. The van der Waals surface area contributed by atoms with Gasteiger partial charge in [-0.3, -0.25) is 9.59 Å². The van der Waals surface area contributed by atoms with Gasteiger partial charge in [-0.15, -0.1) is 10.2 Å². The van der Waals surface area contributed by atoms with Crippen LogP contribution in [0.15, 0.2) is 72.8 Å². The molecule has 166 valence electrons. The molecular weight excluding hydrogens is 423 g/mol. The van der Waals surface area contributed by atoms with Crippen molar-refractivity contribution in [3.63, 3.8) is 0 Å². The maximum absolute atomic E-state index is 13.5. The molecule has 0 aliphatic carbocycles. The van der Waals surface area contributed by atoms with Crippen LogP contribution in [-0.4, -0.2) is 32.0 Å². The summed E-state index contributed by atoms with van der Waals surface area (Å²) in [5, 5.41) is 17.6. The van der Waals surface area contributed by atoms with Crippen LogP contribution in [0, 0.1) is 12.7 Å². The molecule has 3 aromatic carbocycles. The first-order valence-corrected chi connectivity index (χ1v) is 10.2. The van der Waals surface area contributed by atoms with E-state index in [1.165, 1.54) is 6.07 Å². The number of anilines is 1. The van der Waals surface area contributed by atoms with Crippen molar-refractivity contribution < 1.29 is 14.0 Å². The molecule has 0 saturated carbocycles. The van der Waals surface area contributed by atoms with E-state index in [2.05, 4.69) is 26.0 Å². The summed E-state index contributed by atoms with van der Waals surface area (Å²) in [5.74, 6) is -0.760. The Labute approximate surface area is 189 Å². The van der Waals surface area contributed by atoms with Crippen molar-refractivity contribution >= 4 is 17.5 Å². The molecule has 0 spiro atoms. The van der Waals surface area contributed by atoms with Crippen LogP contribution in [0.4, 0.5) is 10.1 Å². The van der Waals surface area contributed by atoms with Gasteiger partial charge in [-0.2, -0.15) is 4.80 Å². The monoisotopic (exact) mass is 444 g/mol. The lowest BCUT2D eigenvalue weighted by molar-refractivity contribution is -0.117. The zero-order valence-corrected chi connectivity index (χ0v) is 17.8. The second-order valence-corrected chi connectivity index (χ2v) is 7.37. The lowest BCUT2D eigenvalue weighted by Crippen LogP contribution is -2.26. The minimum absolute atomic E-state index is 0.201. The molecule has 4 rings (SSSR count). The number of aryl methyl sites for hydroxylation is 1. The first-order chi connectivity index (χ1) is 16.0. The van der Waals surface area contributed by atoms with Gasteiger partial charge in [0.1, 0.15) is 12.4 Å². The van der Waals surface area contributed by atoms with Crippen molar-refractivity contribution in [3.8, 4) is 11.4 Å². The molecular formula is C24H21FN6O2. The largest absolute Gasteiger partial charge is 0.348 e. The molecule has 0 unspecified atom stereocenters. The van der Waals surface area contributed by atoms with Crippen molar-refractivity contribution in [1.82, 2.24) is 25.5 Å². The van der Waals surface area contributed by atoms with Gasteiger partial charge in [-0.25, -0.2) is 4.39 Å². The number of hydrogen-bond acceptors (Lipinski definition) is 5. The minimum atomic E-state index is -0.419. The molecule has 0 aliphatic rings. The third-order valence-corrected chi connectivity index (χ3v) is 4.90. The maximum atomic E-state index is 13.5. The summed E-state index contributed by atoms with van der Waals surface area (Å²) in [6.45, 7) is 1.81. The molecule has 0 bridgehead atoms. The van der Waals surface area contributed by atoms with Gasteiger partial charge in [0.15, 0.2) is 0 Å². The van der Waals surface area contributed by atoms with Crippen LogP contribution in [0.3, 0.4) is 0 Å². The molecule has 0 radical (unpaired) electrons. The molecule has 4 aromatic rings. The summed E-state index contributed by atoms with van der Waals surface area (Å²) >= 11 is 0. The van der Waals surface area contributed by atoms with Gasteiger partial charge in [-0.05, 0) is 53.6 Å². The van der Waals surface area contributed by atoms with E-state index in [0.717, 1.165) is 10.4 Å². The van der Waals surface area contributed by atoms with Crippen molar-refractivity contribution in [3.05, 3.63) is 95.3 Å². The summed E-state index contributed by atoms with van der Waals surface area (Å²) in [6, 6.07) is 20.8. The number of rotatable bonds is 7. The quantitative estimate of drug-likeness (QED) is 0.455. The topological polar surface area (TPSA) is 102 Å². The summed E-state index contributed by atoms with van der Waals surface area (Å²) in [4.78, 5) is 26.4. The number of tetrazole rings is 1. The summed E-state index contributed by atoms with van der Waals surface area (Å²) in [5.41, 5.74) is 2.75. The van der Waals surface area contributed by atoms with E-state index in [0.29, 0.717) is 28.9 Å². The average molecular weight is 444 g/mol. The Morgan fingerprint density at radius 2 is 1.76 bits per heavy atom. The van der Waals surface area contributed by atoms with Crippen molar-refractivity contribution in [1.29, 1.82) is 0 Å². The van der Waals surface area contributed by atoms with E-state index in [1.807, 2.05) is 30.3 Å². The smallest absolute Gasteiger partial charge is 0.253 e. The van der Waals surface area contributed by atoms with Crippen LogP contribution < -0.4 is 10.6 Å². The lowest BCUT2D eigenvalue weighted by atomic mass is 10.1. The predicted molar refractivity (Wildman–Crippen MR) is 121 cm³/mol. The van der Waals surface area contributed by atoms with Gasteiger partial charge in [0.2, 0.25) is 11.7 Å². The third-order valence-electron chi connectivity index (χ3n) is 4.90. The van der Waals surface area contributed by atoms with E-state index >= 15 is 0 Å². The first-order valence-electron chi connectivity index (χ1n) is 10.2. The maximum Gasteiger partial charge on any atom is 0.253 e. The molecule has 1 heterocycles. The van der Waals surface area contributed by atoms with Gasteiger partial charge in [0.05, 0.1) is 11.3 Å². The number of nitrogens with zero attached hydrogens (tertiary/aromatic N) is 4. The molecule has 0 fully saturated rings. The highest BCUT2D eigenvalue weighted by Crippen LogP contribution is 2.18. The number of hydrogen-bond donors (Lipinski definition) is 2. The van der Waals surface area contributed by atoms with Crippen LogP contribution in [0.1, 0.15) is 21.5 Å². The normalized spacial score (nSPS) is 10.6. The SMILES string of the molecule is Cc1cc(-c2nnn(CC(=O)Nc3ccccc3C(=O)NCc3ccccc3)n2)ccc1F. The summed E-state index contributed by atoms with van der Waals surface area (Å²) in [7, 11) is 0. The number of halogens is 1. The molecule has 9 heteroatoms. The van der Waals surface area contributed by atoms with Gasteiger partial charge < -0.3 is 10.6 Å². The van der Waals surface area contributed by atoms with E-state index in [4.69, 9.17) is 0 Å². The Balaban J connectivity index is 1.40. The molecule has 0 atom stereocenters. The van der Waals surface area contributed by atoms with Crippen molar-refractivity contribution in [2.75, 3.05) is 5.32 Å². The van der Waals surface area contributed by atoms with Crippen LogP contribution in [0.25, 0.3) is 11.4 Å². The van der Waals surface area contributed by atoms with Gasteiger partial charge in [0.25, 0.3) is 5.91 Å². The highest BCUT2D eigenvalue weighted by molar-refractivity contribution is 6.03. The number of carbonyl (C=O) groups is 2.